The molecule has 3 N–H and O–H groups in total. The molecule has 0 fully saturated rings. The number of thioether (sulfide) groups is 1. The first-order valence-electron chi connectivity index (χ1n) is 7.66. The highest BCUT2D eigenvalue weighted by molar-refractivity contribution is 7.99. The molecular weight excluding hydrogens is 332 g/mol. The number of ether oxygens (including phenoxy) is 1. The Morgan fingerprint density at radius 3 is 2.43 bits per heavy atom. The topological polar surface area (TPSA) is 64.3 Å². The molecule has 6 heteroatoms. The Morgan fingerprint density at radius 1 is 1.35 bits per heavy atom. The third-order valence-electron chi connectivity index (χ3n) is 3.41. The first-order chi connectivity index (χ1) is 10.4. The highest BCUT2D eigenvalue weighted by Crippen LogP contribution is 2.22. The lowest BCUT2D eigenvalue weighted by Crippen LogP contribution is -2.52. The number of carbonyl (C=O) groups is 1. The zero-order valence-electron chi connectivity index (χ0n) is 14.4. The standard InChI is InChI=1S/C17H28N2O2S.ClH/c1-13(2)11-17(3,12-18)19-16(20)9-10-22-15-7-5-14(21-4)6-8-15;/h5-8,13H,9-12,18H2,1-4H3,(H,19,20);1H. The third-order valence-corrected chi connectivity index (χ3v) is 4.42. The van der Waals surface area contributed by atoms with Gasteiger partial charge in [0.15, 0.2) is 0 Å². The molecule has 23 heavy (non-hydrogen) atoms. The lowest BCUT2D eigenvalue weighted by molar-refractivity contribution is -0.122. The van der Waals surface area contributed by atoms with E-state index in [-0.39, 0.29) is 23.9 Å². The predicted molar refractivity (Wildman–Crippen MR) is 101 cm³/mol. The monoisotopic (exact) mass is 360 g/mol. The number of carbonyl (C=O) groups excluding carboxylic acids is 1. The van der Waals surface area contributed by atoms with Crippen LogP contribution in [0.15, 0.2) is 29.2 Å². The maximum absolute atomic E-state index is 12.1. The van der Waals surface area contributed by atoms with Crippen LogP contribution in [0.1, 0.15) is 33.6 Å². The van der Waals surface area contributed by atoms with E-state index in [2.05, 4.69) is 19.2 Å². The first-order valence-corrected chi connectivity index (χ1v) is 8.65. The van der Waals surface area contributed by atoms with Crippen molar-refractivity contribution in [3.63, 3.8) is 0 Å². The van der Waals surface area contributed by atoms with E-state index in [4.69, 9.17) is 10.5 Å². The van der Waals surface area contributed by atoms with E-state index in [0.29, 0.717) is 18.9 Å². The van der Waals surface area contributed by atoms with Gasteiger partial charge in [-0.3, -0.25) is 4.79 Å². The van der Waals surface area contributed by atoms with Gasteiger partial charge in [-0.1, -0.05) is 13.8 Å². The summed E-state index contributed by atoms with van der Waals surface area (Å²) in [7, 11) is 1.65. The predicted octanol–water partition coefficient (Wildman–Crippen LogP) is 3.48. The SMILES string of the molecule is COc1ccc(SCCC(=O)NC(C)(CN)CC(C)C)cc1.Cl. The first kappa shape index (κ1) is 22.1. The fraction of sp³-hybridized carbons (Fsp3) is 0.588. The summed E-state index contributed by atoms with van der Waals surface area (Å²) in [5.74, 6) is 2.16. The van der Waals surface area contributed by atoms with Gasteiger partial charge < -0.3 is 15.8 Å². The molecule has 0 aromatic heterocycles. The van der Waals surface area contributed by atoms with Gasteiger partial charge in [-0.2, -0.15) is 0 Å². The second-order valence-electron chi connectivity index (χ2n) is 6.18. The summed E-state index contributed by atoms with van der Waals surface area (Å²) in [6, 6.07) is 7.86. The van der Waals surface area contributed by atoms with E-state index in [1.54, 1.807) is 18.9 Å². The smallest absolute Gasteiger partial charge is 0.221 e. The quantitative estimate of drug-likeness (QED) is 0.662. The van der Waals surface area contributed by atoms with Crippen LogP contribution in [0.2, 0.25) is 0 Å². The van der Waals surface area contributed by atoms with Gasteiger partial charge in [0, 0.05) is 29.2 Å². The van der Waals surface area contributed by atoms with Gasteiger partial charge in [0.1, 0.15) is 5.75 Å². The van der Waals surface area contributed by atoms with Crippen LogP contribution in [-0.2, 0) is 4.79 Å². The Balaban J connectivity index is 0.00000484. The lowest BCUT2D eigenvalue weighted by atomic mass is 9.90. The molecule has 0 radical (unpaired) electrons. The second-order valence-corrected chi connectivity index (χ2v) is 7.35. The minimum atomic E-state index is -0.309. The number of rotatable bonds is 9. The Labute approximate surface area is 150 Å². The normalized spacial score (nSPS) is 13.1. The number of nitrogens with one attached hydrogen (secondary N) is 1. The summed E-state index contributed by atoms with van der Waals surface area (Å²) < 4.78 is 5.13. The molecule has 0 spiro atoms. The number of methoxy groups -OCH3 is 1. The molecule has 0 saturated carbocycles. The van der Waals surface area contributed by atoms with Crippen LogP contribution in [-0.4, -0.2) is 30.9 Å². The zero-order chi connectivity index (χ0) is 16.6. The van der Waals surface area contributed by atoms with Gasteiger partial charge in [0.2, 0.25) is 5.91 Å². The van der Waals surface area contributed by atoms with Crippen LogP contribution in [0.25, 0.3) is 0 Å². The molecule has 0 saturated heterocycles. The van der Waals surface area contributed by atoms with Crippen LogP contribution in [0.5, 0.6) is 5.75 Å². The van der Waals surface area contributed by atoms with Gasteiger partial charge in [-0.05, 0) is 43.5 Å². The molecule has 1 aromatic rings. The van der Waals surface area contributed by atoms with E-state index in [1.165, 1.54) is 0 Å². The molecule has 0 aliphatic carbocycles. The van der Waals surface area contributed by atoms with Crippen LogP contribution < -0.4 is 15.8 Å². The summed E-state index contributed by atoms with van der Waals surface area (Å²) in [5, 5.41) is 3.08. The maximum Gasteiger partial charge on any atom is 0.221 e. The average molecular weight is 361 g/mol. The van der Waals surface area contributed by atoms with Crippen LogP contribution >= 0.6 is 24.2 Å². The van der Waals surface area contributed by atoms with Crippen molar-refractivity contribution < 1.29 is 9.53 Å². The van der Waals surface area contributed by atoms with Gasteiger partial charge in [-0.15, -0.1) is 24.2 Å². The molecule has 1 atom stereocenters. The Kier molecular flexibility index (Phi) is 10.4. The highest BCUT2D eigenvalue weighted by Gasteiger charge is 2.25. The molecule has 132 valence electrons. The van der Waals surface area contributed by atoms with Crippen molar-refractivity contribution in [2.45, 2.75) is 44.0 Å². The maximum atomic E-state index is 12.1. The van der Waals surface area contributed by atoms with Crippen molar-refractivity contribution in [1.29, 1.82) is 0 Å². The molecule has 0 aliphatic rings. The minimum absolute atomic E-state index is 0. The van der Waals surface area contributed by atoms with Crippen molar-refractivity contribution in [3.05, 3.63) is 24.3 Å². The summed E-state index contributed by atoms with van der Waals surface area (Å²) in [5.41, 5.74) is 5.51. The minimum Gasteiger partial charge on any atom is -0.497 e. The summed E-state index contributed by atoms with van der Waals surface area (Å²) in [6.45, 7) is 6.75. The molecule has 1 unspecified atom stereocenters. The van der Waals surface area contributed by atoms with Gasteiger partial charge >= 0.3 is 0 Å². The molecule has 0 aliphatic heterocycles. The van der Waals surface area contributed by atoms with E-state index in [1.807, 2.05) is 31.2 Å². The third kappa shape index (κ3) is 8.49. The molecule has 0 heterocycles. The molecule has 1 amide bonds. The van der Waals surface area contributed by atoms with Crippen molar-refractivity contribution in [3.8, 4) is 5.75 Å². The van der Waals surface area contributed by atoms with Gasteiger partial charge in [-0.25, -0.2) is 0 Å². The molecule has 0 bridgehead atoms. The Morgan fingerprint density at radius 2 is 1.96 bits per heavy atom. The average Bonchev–Trinajstić information content (AvgIpc) is 2.47. The van der Waals surface area contributed by atoms with Crippen molar-refractivity contribution in [2.75, 3.05) is 19.4 Å². The zero-order valence-corrected chi connectivity index (χ0v) is 16.1. The van der Waals surface area contributed by atoms with Crippen LogP contribution in [0, 0.1) is 5.92 Å². The van der Waals surface area contributed by atoms with E-state index in [9.17, 15) is 4.79 Å². The summed E-state index contributed by atoms with van der Waals surface area (Å²) >= 11 is 1.67. The van der Waals surface area contributed by atoms with E-state index >= 15 is 0 Å². The van der Waals surface area contributed by atoms with E-state index in [0.717, 1.165) is 22.8 Å². The van der Waals surface area contributed by atoms with Crippen molar-refractivity contribution in [2.24, 2.45) is 11.7 Å². The Bertz CT molecular complexity index is 468. The molecule has 1 aromatic carbocycles. The Hall–Kier alpha value is -0.910. The second kappa shape index (κ2) is 10.8. The van der Waals surface area contributed by atoms with E-state index < -0.39 is 0 Å². The van der Waals surface area contributed by atoms with Crippen LogP contribution in [0.4, 0.5) is 0 Å². The number of hydrogen-bond acceptors (Lipinski definition) is 4. The lowest BCUT2D eigenvalue weighted by Gasteiger charge is -2.31. The number of hydrogen-bond donors (Lipinski definition) is 2. The molecular formula is C17H29ClN2O2S. The van der Waals surface area contributed by atoms with Crippen molar-refractivity contribution >= 4 is 30.1 Å². The largest absolute Gasteiger partial charge is 0.497 e. The number of halogens is 1. The highest BCUT2D eigenvalue weighted by atomic mass is 35.5. The fourth-order valence-electron chi connectivity index (χ4n) is 2.42. The van der Waals surface area contributed by atoms with Gasteiger partial charge in [0.25, 0.3) is 0 Å². The van der Waals surface area contributed by atoms with Gasteiger partial charge in [0.05, 0.1) is 7.11 Å². The fourth-order valence-corrected chi connectivity index (χ4v) is 3.27. The van der Waals surface area contributed by atoms with Crippen LogP contribution in [0.3, 0.4) is 0 Å². The summed E-state index contributed by atoms with van der Waals surface area (Å²) in [4.78, 5) is 13.2. The number of nitrogens with two attached hydrogens (primary N) is 1. The number of amides is 1. The molecule has 4 nitrogen and oxygen atoms in total. The molecule has 1 rings (SSSR count). The summed E-state index contributed by atoms with van der Waals surface area (Å²) in [6.07, 6.45) is 1.38. The van der Waals surface area contributed by atoms with Crippen molar-refractivity contribution in [1.82, 2.24) is 5.32 Å². The number of benzene rings is 1.